The zero-order valence-electron chi connectivity index (χ0n) is 10.6. The Labute approximate surface area is 99.3 Å². The van der Waals surface area contributed by atoms with Gasteiger partial charge in [0.05, 0.1) is 5.60 Å². The smallest absolute Gasteiger partial charge is 0.0697 e. The summed E-state index contributed by atoms with van der Waals surface area (Å²) >= 11 is 0. The number of ether oxygens (including phenoxy) is 1. The van der Waals surface area contributed by atoms with Crippen LogP contribution in [0.25, 0.3) is 0 Å². The lowest BCUT2D eigenvalue weighted by molar-refractivity contribution is -0.101. The van der Waals surface area contributed by atoms with Crippen molar-refractivity contribution in [1.29, 1.82) is 0 Å². The van der Waals surface area contributed by atoms with Crippen LogP contribution in [0.3, 0.4) is 0 Å². The van der Waals surface area contributed by atoms with Crippen LogP contribution in [0.1, 0.15) is 45.4 Å². The number of nitrogens with two attached hydrogens (primary N) is 1. The van der Waals surface area contributed by atoms with E-state index in [9.17, 15) is 0 Å². The molecule has 94 valence electrons. The molecule has 16 heavy (non-hydrogen) atoms. The van der Waals surface area contributed by atoms with Crippen LogP contribution in [0.15, 0.2) is 0 Å². The van der Waals surface area contributed by atoms with Crippen LogP contribution in [-0.4, -0.2) is 42.8 Å². The lowest BCUT2D eigenvalue weighted by Gasteiger charge is -2.42. The van der Waals surface area contributed by atoms with Crippen LogP contribution in [0.5, 0.6) is 0 Å². The normalized spacial score (nSPS) is 29.1. The van der Waals surface area contributed by atoms with Gasteiger partial charge in [-0.25, -0.2) is 0 Å². The maximum atomic E-state index is 6.07. The number of hydrogen-bond donors (Lipinski definition) is 1. The van der Waals surface area contributed by atoms with Crippen molar-refractivity contribution in [3.63, 3.8) is 0 Å². The first-order valence-electron chi connectivity index (χ1n) is 6.88. The highest BCUT2D eigenvalue weighted by Crippen LogP contribution is 2.41. The molecular weight excluding hydrogens is 200 g/mol. The van der Waals surface area contributed by atoms with E-state index in [0.29, 0.717) is 6.04 Å². The van der Waals surface area contributed by atoms with Crippen molar-refractivity contribution >= 4 is 0 Å². The first-order chi connectivity index (χ1) is 7.79. The minimum Gasteiger partial charge on any atom is -0.375 e. The molecule has 1 aliphatic heterocycles. The van der Waals surface area contributed by atoms with Crippen LogP contribution in [-0.2, 0) is 4.74 Å². The van der Waals surface area contributed by atoms with Gasteiger partial charge in [-0.05, 0) is 32.2 Å². The molecule has 0 amide bonds. The van der Waals surface area contributed by atoms with E-state index in [2.05, 4.69) is 11.8 Å². The SMILES string of the molecule is CCN(CCN)C1CCOC2(CCCC2)C1. The molecule has 2 N–H and O–H groups in total. The summed E-state index contributed by atoms with van der Waals surface area (Å²) in [7, 11) is 0. The first-order valence-corrected chi connectivity index (χ1v) is 6.88. The summed E-state index contributed by atoms with van der Waals surface area (Å²) in [5.41, 5.74) is 5.92. The fraction of sp³-hybridized carbons (Fsp3) is 1.00. The molecule has 1 aliphatic carbocycles. The van der Waals surface area contributed by atoms with Crippen LogP contribution in [0.2, 0.25) is 0 Å². The summed E-state index contributed by atoms with van der Waals surface area (Å²) < 4.78 is 6.07. The molecule has 0 aromatic heterocycles. The van der Waals surface area contributed by atoms with Crippen molar-refractivity contribution in [2.24, 2.45) is 5.73 Å². The highest BCUT2D eigenvalue weighted by Gasteiger charge is 2.40. The summed E-state index contributed by atoms with van der Waals surface area (Å²) in [5, 5.41) is 0. The highest BCUT2D eigenvalue weighted by molar-refractivity contribution is 4.94. The summed E-state index contributed by atoms with van der Waals surface area (Å²) in [4.78, 5) is 2.54. The predicted octanol–water partition coefficient (Wildman–Crippen LogP) is 1.76. The minimum absolute atomic E-state index is 0.241. The molecule has 2 rings (SSSR count). The minimum atomic E-state index is 0.241. The number of rotatable bonds is 4. The third-order valence-corrected chi connectivity index (χ3v) is 4.32. The molecular formula is C13H26N2O. The van der Waals surface area contributed by atoms with Gasteiger partial charge in [0.15, 0.2) is 0 Å². The Morgan fingerprint density at radius 1 is 1.38 bits per heavy atom. The van der Waals surface area contributed by atoms with Gasteiger partial charge in [-0.1, -0.05) is 19.8 Å². The number of nitrogens with zero attached hydrogens (tertiary/aromatic N) is 1. The highest BCUT2D eigenvalue weighted by atomic mass is 16.5. The summed E-state index contributed by atoms with van der Waals surface area (Å²) in [6.45, 7) is 6.13. The molecule has 3 heteroatoms. The third-order valence-electron chi connectivity index (χ3n) is 4.32. The van der Waals surface area contributed by atoms with Crippen molar-refractivity contribution in [3.8, 4) is 0 Å². The Morgan fingerprint density at radius 3 is 2.75 bits per heavy atom. The van der Waals surface area contributed by atoms with Gasteiger partial charge in [0.1, 0.15) is 0 Å². The molecule has 1 saturated carbocycles. The number of likely N-dealkylation sites (N-methyl/N-ethyl adjacent to an activating group) is 1. The largest absolute Gasteiger partial charge is 0.375 e. The first kappa shape index (κ1) is 12.3. The lowest BCUT2D eigenvalue weighted by Crippen LogP contribution is -2.48. The summed E-state index contributed by atoms with van der Waals surface area (Å²) in [6.07, 6.45) is 7.70. The maximum Gasteiger partial charge on any atom is 0.0697 e. The van der Waals surface area contributed by atoms with E-state index < -0.39 is 0 Å². The average molecular weight is 226 g/mol. The quantitative estimate of drug-likeness (QED) is 0.794. The van der Waals surface area contributed by atoms with Crippen LogP contribution in [0, 0.1) is 0 Å². The van der Waals surface area contributed by atoms with E-state index in [1.165, 1.54) is 38.5 Å². The van der Waals surface area contributed by atoms with E-state index in [4.69, 9.17) is 10.5 Å². The second-order valence-electron chi connectivity index (χ2n) is 5.30. The van der Waals surface area contributed by atoms with Gasteiger partial charge in [-0.15, -0.1) is 0 Å². The van der Waals surface area contributed by atoms with Gasteiger partial charge in [-0.2, -0.15) is 0 Å². The van der Waals surface area contributed by atoms with Crippen molar-refractivity contribution in [3.05, 3.63) is 0 Å². The zero-order valence-corrected chi connectivity index (χ0v) is 10.6. The van der Waals surface area contributed by atoms with Crippen molar-refractivity contribution in [2.45, 2.75) is 57.1 Å². The molecule has 1 heterocycles. The van der Waals surface area contributed by atoms with E-state index >= 15 is 0 Å². The molecule has 0 aromatic carbocycles. The molecule has 3 nitrogen and oxygen atoms in total. The van der Waals surface area contributed by atoms with Gasteiger partial charge < -0.3 is 10.5 Å². The van der Waals surface area contributed by atoms with Crippen molar-refractivity contribution in [2.75, 3.05) is 26.2 Å². The molecule has 1 atom stereocenters. The van der Waals surface area contributed by atoms with Gasteiger partial charge in [0.25, 0.3) is 0 Å². The molecule has 2 fully saturated rings. The summed E-state index contributed by atoms with van der Waals surface area (Å²) in [5.74, 6) is 0. The molecule has 0 radical (unpaired) electrons. The van der Waals surface area contributed by atoms with Gasteiger partial charge >= 0.3 is 0 Å². The average Bonchev–Trinajstić information content (AvgIpc) is 2.74. The Kier molecular flexibility index (Phi) is 4.22. The van der Waals surface area contributed by atoms with Crippen molar-refractivity contribution in [1.82, 2.24) is 4.90 Å². The van der Waals surface area contributed by atoms with Gasteiger partial charge in [0, 0.05) is 25.7 Å². The zero-order chi connectivity index (χ0) is 11.4. The van der Waals surface area contributed by atoms with Crippen LogP contribution in [0.4, 0.5) is 0 Å². The lowest BCUT2D eigenvalue weighted by atomic mass is 9.88. The standard InChI is InChI=1S/C13H26N2O/c1-2-15(9-8-14)12-5-10-16-13(11-12)6-3-4-7-13/h12H,2-11,14H2,1H3. The molecule has 1 spiro atoms. The number of hydrogen-bond acceptors (Lipinski definition) is 3. The van der Waals surface area contributed by atoms with Gasteiger partial charge in [0.2, 0.25) is 0 Å². The topological polar surface area (TPSA) is 38.5 Å². The van der Waals surface area contributed by atoms with E-state index in [1.54, 1.807) is 0 Å². The molecule has 2 aliphatic rings. The Morgan fingerprint density at radius 2 is 2.12 bits per heavy atom. The van der Waals surface area contributed by atoms with Crippen molar-refractivity contribution < 1.29 is 4.74 Å². The molecule has 0 bridgehead atoms. The second-order valence-corrected chi connectivity index (χ2v) is 5.30. The van der Waals surface area contributed by atoms with Gasteiger partial charge in [-0.3, -0.25) is 4.90 Å². The van der Waals surface area contributed by atoms with E-state index in [1.807, 2.05) is 0 Å². The fourth-order valence-electron chi connectivity index (χ4n) is 3.45. The van der Waals surface area contributed by atoms with Crippen LogP contribution >= 0.6 is 0 Å². The predicted molar refractivity (Wildman–Crippen MR) is 66.5 cm³/mol. The second kappa shape index (κ2) is 5.48. The van der Waals surface area contributed by atoms with E-state index in [-0.39, 0.29) is 5.60 Å². The monoisotopic (exact) mass is 226 g/mol. The molecule has 1 saturated heterocycles. The molecule has 0 aromatic rings. The Bertz CT molecular complexity index is 214. The third kappa shape index (κ3) is 2.58. The summed E-state index contributed by atoms with van der Waals surface area (Å²) in [6, 6.07) is 0.709. The van der Waals surface area contributed by atoms with Crippen LogP contribution < -0.4 is 5.73 Å². The molecule has 1 unspecified atom stereocenters. The Balaban J connectivity index is 1.94. The Hall–Kier alpha value is -0.120. The maximum absolute atomic E-state index is 6.07. The van der Waals surface area contributed by atoms with E-state index in [0.717, 1.165) is 26.2 Å². The fourth-order valence-corrected chi connectivity index (χ4v) is 3.45.